The second-order valence-corrected chi connectivity index (χ2v) is 2.41. The van der Waals surface area contributed by atoms with Crippen LogP contribution in [-0.2, 0) is 9.53 Å². The third-order valence-corrected chi connectivity index (χ3v) is 1.72. The van der Waals surface area contributed by atoms with Crippen molar-refractivity contribution in [1.29, 1.82) is 0 Å². The van der Waals surface area contributed by atoms with Gasteiger partial charge in [0.15, 0.2) is 0 Å². The molecule has 1 heterocycles. The molecule has 1 rings (SSSR count). The van der Waals surface area contributed by atoms with Gasteiger partial charge in [0.1, 0.15) is 17.7 Å². The minimum Gasteiger partial charge on any atom is -0.371 e. The van der Waals surface area contributed by atoms with Gasteiger partial charge >= 0.3 is 0 Å². The topological polar surface area (TPSA) is 55.6 Å². The molecule has 1 aliphatic heterocycles. The summed E-state index contributed by atoms with van der Waals surface area (Å²) in [4.78, 5) is 10.3. The van der Waals surface area contributed by atoms with Gasteiger partial charge in [-0.15, -0.1) is 0 Å². The van der Waals surface area contributed by atoms with E-state index in [1.807, 2.05) is 6.92 Å². The van der Waals surface area contributed by atoms with Gasteiger partial charge in [-0.1, -0.05) is 0 Å². The Morgan fingerprint density at radius 3 is 3.18 bits per heavy atom. The van der Waals surface area contributed by atoms with E-state index in [0.717, 1.165) is 6.42 Å². The van der Waals surface area contributed by atoms with E-state index in [2.05, 4.69) is 0 Å². The van der Waals surface area contributed by atoms with Gasteiger partial charge in [-0.05, 0) is 13.3 Å². The lowest BCUT2D eigenvalue weighted by Gasteiger charge is -2.11. The lowest BCUT2D eigenvalue weighted by Crippen LogP contribution is -2.28. The van der Waals surface area contributed by atoms with E-state index in [9.17, 15) is 4.79 Å². The highest BCUT2D eigenvalue weighted by atomic mass is 16.5. The lowest BCUT2D eigenvalue weighted by molar-refractivity contribution is 0.0915. The van der Waals surface area contributed by atoms with Crippen molar-refractivity contribution in [3.63, 3.8) is 0 Å². The van der Waals surface area contributed by atoms with Crippen LogP contribution in [0.3, 0.4) is 0 Å². The molecule has 1 fully saturated rings. The molecule has 0 aliphatic carbocycles. The van der Waals surface area contributed by atoms with E-state index in [-0.39, 0.29) is 6.10 Å². The quantitative estimate of drug-likeness (QED) is 0.440. The summed E-state index contributed by atoms with van der Waals surface area (Å²) in [5.41, 5.74) is 0.437. The first-order chi connectivity index (χ1) is 5.29. The number of hydrogen-bond donors (Lipinski definition) is 1. The van der Waals surface area contributed by atoms with Crippen molar-refractivity contribution in [2.24, 2.45) is 5.84 Å². The Balaban J connectivity index is 2.62. The fraction of sp³-hybridized carbons (Fsp3) is 0.714. The molecular weight excluding hydrogens is 144 g/mol. The van der Waals surface area contributed by atoms with Crippen molar-refractivity contribution < 1.29 is 9.53 Å². The number of rotatable bonds is 2. The minimum absolute atomic E-state index is 0.137. The van der Waals surface area contributed by atoms with Gasteiger partial charge in [0, 0.05) is 13.2 Å². The molecule has 4 heteroatoms. The summed E-state index contributed by atoms with van der Waals surface area (Å²) in [6.45, 7) is 3.17. The molecule has 0 aromatic carbocycles. The maximum atomic E-state index is 10.3. The Labute approximate surface area is 65.6 Å². The van der Waals surface area contributed by atoms with Crippen molar-refractivity contribution in [3.05, 3.63) is 5.70 Å². The second kappa shape index (κ2) is 3.53. The highest BCUT2D eigenvalue weighted by molar-refractivity contribution is 5.54. The molecule has 1 unspecified atom stereocenters. The van der Waals surface area contributed by atoms with Crippen LogP contribution in [0.2, 0.25) is 0 Å². The fourth-order valence-electron chi connectivity index (χ4n) is 1.19. The van der Waals surface area contributed by atoms with Gasteiger partial charge in [-0.25, -0.2) is 10.6 Å². The van der Waals surface area contributed by atoms with Gasteiger partial charge in [-0.3, -0.25) is 0 Å². The predicted molar refractivity (Wildman–Crippen MR) is 40.1 cm³/mol. The van der Waals surface area contributed by atoms with Crippen LogP contribution in [0.1, 0.15) is 13.3 Å². The summed E-state index contributed by atoms with van der Waals surface area (Å²) in [7, 11) is 0. The molecule has 1 atom stereocenters. The lowest BCUT2D eigenvalue weighted by atomic mass is 10.3. The number of carbonyl (C=O) groups excluding carboxylic acids is 1. The molecule has 0 aromatic heterocycles. The molecule has 1 saturated heterocycles. The van der Waals surface area contributed by atoms with Crippen LogP contribution in [0, 0.1) is 0 Å². The summed E-state index contributed by atoms with van der Waals surface area (Å²) in [5.74, 6) is 7.26. The number of hydrazine groups is 1. The Hall–Kier alpha value is -0.830. The number of ether oxygens (including phenoxy) is 1. The number of nitrogens with two attached hydrogens (primary N) is 1. The molecule has 0 saturated carbocycles. The SMILES string of the molecule is CCOC1CCN(N)C1=C=O. The van der Waals surface area contributed by atoms with Gasteiger partial charge < -0.3 is 9.75 Å². The molecule has 11 heavy (non-hydrogen) atoms. The van der Waals surface area contributed by atoms with Gasteiger partial charge in [0.2, 0.25) is 0 Å². The van der Waals surface area contributed by atoms with E-state index in [4.69, 9.17) is 10.6 Å². The third-order valence-electron chi connectivity index (χ3n) is 1.72. The number of hydrogen-bond acceptors (Lipinski definition) is 4. The third kappa shape index (κ3) is 1.60. The zero-order chi connectivity index (χ0) is 8.27. The van der Waals surface area contributed by atoms with Crippen LogP contribution in [0.25, 0.3) is 0 Å². The first kappa shape index (κ1) is 8.27. The fourth-order valence-corrected chi connectivity index (χ4v) is 1.19. The van der Waals surface area contributed by atoms with Crippen LogP contribution in [0.4, 0.5) is 0 Å². The largest absolute Gasteiger partial charge is 0.371 e. The Bertz CT molecular complexity index is 185. The summed E-state index contributed by atoms with van der Waals surface area (Å²) >= 11 is 0. The van der Waals surface area contributed by atoms with Crippen LogP contribution < -0.4 is 5.84 Å². The average molecular weight is 156 g/mol. The maximum Gasteiger partial charge on any atom is 0.150 e. The first-order valence-corrected chi connectivity index (χ1v) is 3.68. The Morgan fingerprint density at radius 2 is 2.64 bits per heavy atom. The standard InChI is InChI=1S/C7H12N2O2/c1-2-11-7-3-4-9(8)6(7)5-10/h7H,2-4,8H2,1H3. The predicted octanol–water partition coefficient (Wildman–Crippen LogP) is -0.314. The number of nitrogens with zero attached hydrogens (tertiary/aromatic N) is 1. The molecule has 1 aliphatic rings. The van der Waals surface area contributed by atoms with Crippen LogP contribution in [-0.4, -0.2) is 30.2 Å². The molecule has 62 valence electrons. The van der Waals surface area contributed by atoms with Crippen molar-refractivity contribution >= 4 is 5.94 Å². The summed E-state index contributed by atoms with van der Waals surface area (Å²) in [6.07, 6.45) is 0.650. The molecule has 2 N–H and O–H groups in total. The zero-order valence-corrected chi connectivity index (χ0v) is 6.54. The molecule has 0 bridgehead atoms. The van der Waals surface area contributed by atoms with Gasteiger partial charge in [0.05, 0.1) is 0 Å². The zero-order valence-electron chi connectivity index (χ0n) is 6.54. The highest BCUT2D eigenvalue weighted by Gasteiger charge is 2.27. The molecule has 0 radical (unpaired) electrons. The van der Waals surface area contributed by atoms with Crippen molar-refractivity contribution in [2.75, 3.05) is 13.2 Å². The first-order valence-electron chi connectivity index (χ1n) is 3.68. The Kier molecular flexibility index (Phi) is 2.65. The molecule has 0 aromatic rings. The molecule has 0 spiro atoms. The van der Waals surface area contributed by atoms with E-state index in [0.29, 0.717) is 18.8 Å². The smallest absolute Gasteiger partial charge is 0.150 e. The van der Waals surface area contributed by atoms with Crippen LogP contribution >= 0.6 is 0 Å². The molecule has 0 amide bonds. The average Bonchev–Trinajstić information content (AvgIpc) is 2.33. The maximum absolute atomic E-state index is 10.3. The monoisotopic (exact) mass is 156 g/mol. The van der Waals surface area contributed by atoms with Gasteiger partial charge in [-0.2, -0.15) is 0 Å². The molecular formula is C7H12N2O2. The van der Waals surface area contributed by atoms with Crippen LogP contribution in [0.15, 0.2) is 5.70 Å². The van der Waals surface area contributed by atoms with Crippen LogP contribution in [0.5, 0.6) is 0 Å². The highest BCUT2D eigenvalue weighted by Crippen LogP contribution is 2.18. The Morgan fingerprint density at radius 1 is 1.91 bits per heavy atom. The van der Waals surface area contributed by atoms with E-state index >= 15 is 0 Å². The van der Waals surface area contributed by atoms with E-state index in [1.54, 1.807) is 5.94 Å². The normalized spacial score (nSPS) is 24.0. The minimum atomic E-state index is -0.137. The second-order valence-electron chi connectivity index (χ2n) is 2.41. The van der Waals surface area contributed by atoms with Crippen molar-refractivity contribution in [1.82, 2.24) is 5.01 Å². The molecule has 4 nitrogen and oxygen atoms in total. The van der Waals surface area contributed by atoms with Crippen molar-refractivity contribution in [3.8, 4) is 0 Å². The van der Waals surface area contributed by atoms with E-state index < -0.39 is 0 Å². The van der Waals surface area contributed by atoms with E-state index in [1.165, 1.54) is 5.01 Å². The summed E-state index contributed by atoms with van der Waals surface area (Å²) < 4.78 is 5.26. The summed E-state index contributed by atoms with van der Waals surface area (Å²) in [5, 5.41) is 1.40. The van der Waals surface area contributed by atoms with Gasteiger partial charge in [0.25, 0.3) is 0 Å². The summed E-state index contributed by atoms with van der Waals surface area (Å²) in [6, 6.07) is 0. The van der Waals surface area contributed by atoms with Crippen molar-refractivity contribution in [2.45, 2.75) is 19.4 Å².